The van der Waals surface area contributed by atoms with E-state index in [9.17, 15) is 14.4 Å². The molecule has 6 rings (SSSR count). The lowest BCUT2D eigenvalue weighted by Gasteiger charge is -2.42. The molecule has 0 bridgehead atoms. The fourth-order valence-corrected chi connectivity index (χ4v) is 7.23. The van der Waals surface area contributed by atoms with Crippen molar-refractivity contribution in [3.8, 4) is 12.1 Å². The molecule has 0 radical (unpaired) electrons. The molecule has 3 aliphatic rings. The number of aromatic nitrogens is 2. The molecule has 3 aliphatic heterocycles. The van der Waals surface area contributed by atoms with E-state index in [0.717, 1.165) is 59.8 Å². The van der Waals surface area contributed by atoms with Gasteiger partial charge in [-0.2, -0.15) is 15.2 Å². The molecule has 2 atom stereocenters. The Bertz CT molecular complexity index is 1500. The van der Waals surface area contributed by atoms with Gasteiger partial charge in [-0.3, -0.25) is 4.79 Å². The number of ether oxygens (including phenoxy) is 1. The highest BCUT2D eigenvalue weighted by molar-refractivity contribution is 7.17. The minimum absolute atomic E-state index is 0.158. The van der Waals surface area contributed by atoms with Crippen LogP contribution < -0.4 is 14.5 Å². The van der Waals surface area contributed by atoms with Gasteiger partial charge in [0.15, 0.2) is 0 Å². The first-order chi connectivity index (χ1) is 20.0. The zero-order valence-electron chi connectivity index (χ0n) is 23.3. The smallest absolute Gasteiger partial charge is 0.318 e. The second kappa shape index (κ2) is 11.6. The lowest BCUT2D eigenvalue weighted by molar-refractivity contribution is -0.128. The second-order valence-electron chi connectivity index (χ2n) is 10.9. The summed E-state index contributed by atoms with van der Waals surface area (Å²) in [5, 5.41) is 12.1. The highest BCUT2D eigenvalue weighted by Crippen LogP contribution is 2.37. The standard InChI is InChI=1S/C30H34FN7O2S/c1-3-27(39)38-15-14-37(17-20(38)8-11-32)29-23-9-13-36(26-7-6-24(31)22-10-16-41-28(22)26)18-25(23)33-30(34-29)40-19-21-5-4-12-35(21)2/h3,6-7,10,16,20-21H,1,4-5,8-9,12-15,17-19H2,2H3/t20-,21-/m0/s1. The lowest BCUT2D eigenvalue weighted by atomic mass is 10.0. The Morgan fingerprint density at radius 1 is 1.22 bits per heavy atom. The van der Waals surface area contributed by atoms with Crippen LogP contribution in [0.4, 0.5) is 15.9 Å². The highest BCUT2D eigenvalue weighted by atomic mass is 32.1. The number of carbonyl (C=O) groups is 1. The number of nitriles is 1. The van der Waals surface area contributed by atoms with E-state index in [1.165, 1.54) is 12.1 Å². The molecule has 214 valence electrons. The Morgan fingerprint density at radius 2 is 2.10 bits per heavy atom. The van der Waals surface area contributed by atoms with Crippen LogP contribution in [0.2, 0.25) is 0 Å². The third-order valence-electron chi connectivity index (χ3n) is 8.55. The molecule has 0 N–H and O–H groups in total. The van der Waals surface area contributed by atoms with Crippen molar-refractivity contribution in [3.05, 3.63) is 53.3 Å². The number of piperazine rings is 1. The molecular formula is C30H34FN7O2S. The summed E-state index contributed by atoms with van der Waals surface area (Å²) in [4.78, 5) is 30.8. The van der Waals surface area contributed by atoms with Gasteiger partial charge in [0, 0.05) is 43.2 Å². The Hall–Kier alpha value is -3.75. The molecule has 2 aromatic heterocycles. The van der Waals surface area contributed by atoms with E-state index in [-0.39, 0.29) is 24.2 Å². The predicted octanol–water partition coefficient (Wildman–Crippen LogP) is 3.98. The van der Waals surface area contributed by atoms with E-state index in [1.807, 2.05) is 17.5 Å². The number of hydrogen-bond donors (Lipinski definition) is 0. The normalized spacial score (nSPS) is 21.1. The van der Waals surface area contributed by atoms with E-state index >= 15 is 0 Å². The first kappa shape index (κ1) is 27.4. The minimum Gasteiger partial charge on any atom is -0.462 e. The topological polar surface area (TPSA) is 88.8 Å². The summed E-state index contributed by atoms with van der Waals surface area (Å²) in [6.07, 6.45) is 4.50. The summed E-state index contributed by atoms with van der Waals surface area (Å²) >= 11 is 1.55. The maximum absolute atomic E-state index is 14.4. The molecule has 0 spiro atoms. The maximum Gasteiger partial charge on any atom is 0.318 e. The molecule has 1 amide bonds. The van der Waals surface area contributed by atoms with Gasteiger partial charge in [0.05, 0.1) is 41.2 Å². The SMILES string of the molecule is C=CC(=O)N1CCN(c2nc(OC[C@@H]3CCCN3C)nc3c2CCN(c2ccc(F)c4ccsc24)C3)C[C@@H]1CC#N. The van der Waals surface area contributed by atoms with Crippen molar-refractivity contribution in [1.82, 2.24) is 19.8 Å². The first-order valence-electron chi connectivity index (χ1n) is 14.1. The van der Waals surface area contributed by atoms with Gasteiger partial charge in [0.1, 0.15) is 18.2 Å². The maximum atomic E-state index is 14.4. The van der Waals surface area contributed by atoms with Crippen molar-refractivity contribution in [1.29, 1.82) is 5.26 Å². The van der Waals surface area contributed by atoms with Gasteiger partial charge in [-0.25, -0.2) is 4.39 Å². The average Bonchev–Trinajstić information content (AvgIpc) is 3.65. The summed E-state index contributed by atoms with van der Waals surface area (Å²) in [7, 11) is 2.12. The van der Waals surface area contributed by atoms with Crippen LogP contribution in [0.3, 0.4) is 0 Å². The third-order valence-corrected chi connectivity index (χ3v) is 9.49. The van der Waals surface area contributed by atoms with Crippen LogP contribution in [-0.2, 0) is 17.8 Å². The van der Waals surface area contributed by atoms with E-state index < -0.39 is 0 Å². The van der Waals surface area contributed by atoms with Crippen molar-refractivity contribution in [2.45, 2.75) is 44.3 Å². The number of fused-ring (bicyclic) bond motifs is 2. The summed E-state index contributed by atoms with van der Waals surface area (Å²) in [6.45, 7) is 8.08. The molecule has 2 fully saturated rings. The third kappa shape index (κ3) is 5.34. The predicted molar refractivity (Wildman–Crippen MR) is 158 cm³/mol. The Kier molecular flexibility index (Phi) is 7.77. The summed E-state index contributed by atoms with van der Waals surface area (Å²) in [5.41, 5.74) is 2.96. The number of nitrogens with zero attached hydrogens (tertiary/aromatic N) is 7. The number of anilines is 2. The van der Waals surface area contributed by atoms with Crippen LogP contribution in [0.1, 0.15) is 30.5 Å². The first-order valence-corrected chi connectivity index (χ1v) is 15.0. The van der Waals surface area contributed by atoms with Crippen LogP contribution in [0.25, 0.3) is 10.1 Å². The lowest BCUT2D eigenvalue weighted by Crippen LogP contribution is -2.55. The van der Waals surface area contributed by atoms with Crippen LogP contribution in [0, 0.1) is 17.1 Å². The van der Waals surface area contributed by atoms with Crippen molar-refractivity contribution in [3.63, 3.8) is 0 Å². The molecule has 11 heteroatoms. The average molecular weight is 576 g/mol. The fourth-order valence-electron chi connectivity index (χ4n) is 6.28. The van der Waals surface area contributed by atoms with Crippen LogP contribution in [-0.4, -0.2) is 84.1 Å². The number of rotatable bonds is 7. The van der Waals surface area contributed by atoms with Gasteiger partial charge < -0.3 is 24.3 Å². The summed E-state index contributed by atoms with van der Waals surface area (Å²) in [6, 6.07) is 7.89. The zero-order valence-corrected chi connectivity index (χ0v) is 24.1. The van der Waals surface area contributed by atoms with E-state index in [2.05, 4.69) is 34.4 Å². The molecule has 9 nitrogen and oxygen atoms in total. The fraction of sp³-hybridized carbons (Fsp3) is 0.467. The zero-order chi connectivity index (χ0) is 28.5. The Morgan fingerprint density at radius 3 is 2.88 bits per heavy atom. The van der Waals surface area contributed by atoms with Crippen molar-refractivity contribution < 1.29 is 13.9 Å². The molecular weight excluding hydrogens is 541 g/mol. The number of amides is 1. The van der Waals surface area contributed by atoms with Gasteiger partial charge in [-0.05, 0) is 62.5 Å². The highest BCUT2D eigenvalue weighted by Gasteiger charge is 2.34. The summed E-state index contributed by atoms with van der Waals surface area (Å²) < 4.78 is 21.6. The molecule has 2 saturated heterocycles. The molecule has 5 heterocycles. The number of halogens is 1. The molecule has 3 aromatic rings. The van der Waals surface area contributed by atoms with E-state index in [4.69, 9.17) is 14.7 Å². The Balaban J connectivity index is 1.33. The number of thiophene rings is 1. The van der Waals surface area contributed by atoms with Gasteiger partial charge >= 0.3 is 6.01 Å². The molecule has 0 unspecified atom stereocenters. The number of likely N-dealkylation sites (tertiary alicyclic amines) is 1. The number of likely N-dealkylation sites (N-methyl/N-ethyl adjacent to an activating group) is 1. The molecule has 1 aromatic carbocycles. The van der Waals surface area contributed by atoms with Crippen LogP contribution in [0.5, 0.6) is 6.01 Å². The van der Waals surface area contributed by atoms with Gasteiger partial charge in [-0.1, -0.05) is 6.58 Å². The monoisotopic (exact) mass is 575 g/mol. The molecule has 0 aliphatic carbocycles. The summed E-state index contributed by atoms with van der Waals surface area (Å²) in [5.74, 6) is 0.452. The van der Waals surface area contributed by atoms with Crippen LogP contribution in [0.15, 0.2) is 36.2 Å². The van der Waals surface area contributed by atoms with Gasteiger partial charge in [0.2, 0.25) is 5.91 Å². The number of hydrogen-bond acceptors (Lipinski definition) is 9. The number of benzene rings is 1. The van der Waals surface area contributed by atoms with Crippen molar-refractivity contribution >= 4 is 38.8 Å². The largest absolute Gasteiger partial charge is 0.462 e. The van der Waals surface area contributed by atoms with E-state index in [1.54, 1.807) is 16.2 Å². The van der Waals surface area contributed by atoms with Crippen molar-refractivity contribution in [2.75, 3.05) is 56.2 Å². The van der Waals surface area contributed by atoms with Gasteiger partial charge in [0.25, 0.3) is 0 Å². The van der Waals surface area contributed by atoms with E-state index in [0.29, 0.717) is 50.2 Å². The minimum atomic E-state index is -0.257. The molecule has 0 saturated carbocycles. The van der Waals surface area contributed by atoms with Gasteiger partial charge in [-0.15, -0.1) is 11.3 Å². The second-order valence-corrected chi connectivity index (χ2v) is 11.9. The van der Waals surface area contributed by atoms with Crippen LogP contribution >= 0.6 is 11.3 Å². The molecule has 41 heavy (non-hydrogen) atoms. The number of carbonyl (C=O) groups excluding carboxylic acids is 1. The Labute approximate surface area is 243 Å². The quantitative estimate of drug-likeness (QED) is 0.391. The van der Waals surface area contributed by atoms with Crippen molar-refractivity contribution in [2.24, 2.45) is 0 Å².